The maximum atomic E-state index is 12.6. The van der Waals surface area contributed by atoms with Crippen LogP contribution in [0.5, 0.6) is 0 Å². The van der Waals surface area contributed by atoms with E-state index in [4.69, 9.17) is 11.6 Å². The Morgan fingerprint density at radius 1 is 1.38 bits per heavy atom. The monoisotopic (exact) mass is 374 g/mol. The maximum absolute atomic E-state index is 12.6. The van der Waals surface area contributed by atoms with Crippen molar-refractivity contribution in [2.24, 2.45) is 5.92 Å². The maximum Gasteiger partial charge on any atom is 0.294 e. The number of benzene rings is 1. The molecule has 1 aromatic carbocycles. The minimum absolute atomic E-state index is 0.0428. The van der Waals surface area contributed by atoms with E-state index in [0.717, 1.165) is 18.4 Å². The molecule has 2 aromatic rings. The van der Waals surface area contributed by atoms with Crippen molar-refractivity contribution in [1.82, 2.24) is 4.98 Å². The van der Waals surface area contributed by atoms with Crippen molar-refractivity contribution in [3.05, 3.63) is 57.2 Å². The highest BCUT2D eigenvalue weighted by molar-refractivity contribution is 6.30. The van der Waals surface area contributed by atoms with E-state index in [1.165, 1.54) is 6.07 Å². The van der Waals surface area contributed by atoms with Crippen molar-refractivity contribution in [1.29, 1.82) is 0 Å². The van der Waals surface area contributed by atoms with Crippen molar-refractivity contribution in [2.75, 3.05) is 23.3 Å². The van der Waals surface area contributed by atoms with E-state index in [1.54, 1.807) is 24.4 Å². The van der Waals surface area contributed by atoms with Gasteiger partial charge in [0.25, 0.3) is 5.69 Å². The molecule has 0 bridgehead atoms. The van der Waals surface area contributed by atoms with Gasteiger partial charge in [0.15, 0.2) is 0 Å². The number of aromatic nitrogens is 1. The van der Waals surface area contributed by atoms with Crippen LogP contribution in [0.1, 0.15) is 18.4 Å². The van der Waals surface area contributed by atoms with Crippen LogP contribution in [0.25, 0.3) is 0 Å². The lowest BCUT2D eigenvalue weighted by atomic mass is 9.96. The Balaban J connectivity index is 1.74. The average molecular weight is 375 g/mol. The van der Waals surface area contributed by atoms with Gasteiger partial charge in [0, 0.05) is 30.4 Å². The van der Waals surface area contributed by atoms with Crippen LogP contribution in [0.4, 0.5) is 17.2 Å². The number of hydrogen-bond acceptors (Lipinski definition) is 5. The first kappa shape index (κ1) is 18.1. The molecular formula is C18H19ClN4O3. The van der Waals surface area contributed by atoms with Gasteiger partial charge < -0.3 is 10.2 Å². The van der Waals surface area contributed by atoms with Crippen LogP contribution in [0.3, 0.4) is 0 Å². The molecule has 1 aromatic heterocycles. The van der Waals surface area contributed by atoms with Gasteiger partial charge in [-0.2, -0.15) is 0 Å². The zero-order valence-electron chi connectivity index (χ0n) is 14.3. The van der Waals surface area contributed by atoms with Gasteiger partial charge in [-0.3, -0.25) is 14.9 Å². The number of nitrogens with zero attached hydrogens (tertiary/aromatic N) is 3. The summed E-state index contributed by atoms with van der Waals surface area (Å²) in [6, 6.07) is 8.26. The fourth-order valence-corrected chi connectivity index (χ4v) is 3.26. The number of hydrogen-bond donors (Lipinski definition) is 1. The molecule has 26 heavy (non-hydrogen) atoms. The predicted octanol–water partition coefficient (Wildman–Crippen LogP) is 3.81. The van der Waals surface area contributed by atoms with Crippen LogP contribution >= 0.6 is 11.6 Å². The quantitative estimate of drug-likeness (QED) is 0.649. The van der Waals surface area contributed by atoms with Crippen molar-refractivity contribution >= 4 is 34.7 Å². The van der Waals surface area contributed by atoms with Crippen LogP contribution in [0.15, 0.2) is 36.5 Å². The van der Waals surface area contributed by atoms with E-state index in [1.807, 2.05) is 17.9 Å². The minimum Gasteiger partial charge on any atom is -0.365 e. The number of carbonyl (C=O) groups is 1. The fourth-order valence-electron chi connectivity index (χ4n) is 3.09. The normalized spacial score (nSPS) is 17.0. The summed E-state index contributed by atoms with van der Waals surface area (Å²) in [7, 11) is 0. The summed E-state index contributed by atoms with van der Waals surface area (Å²) < 4.78 is 0. The first-order chi connectivity index (χ1) is 12.4. The number of anilines is 2. The Kier molecular flexibility index (Phi) is 5.37. The molecule has 0 aliphatic carbocycles. The van der Waals surface area contributed by atoms with E-state index >= 15 is 0 Å². The molecule has 0 unspecified atom stereocenters. The third-order valence-electron chi connectivity index (χ3n) is 4.43. The van der Waals surface area contributed by atoms with E-state index in [2.05, 4.69) is 10.3 Å². The molecule has 8 heteroatoms. The highest BCUT2D eigenvalue weighted by atomic mass is 35.5. The number of nitro benzene ring substituents is 1. The molecule has 2 heterocycles. The number of nitrogens with one attached hydrogen (secondary N) is 1. The number of halogens is 1. The fraction of sp³-hybridized carbons (Fsp3) is 0.333. The van der Waals surface area contributed by atoms with E-state index in [9.17, 15) is 14.9 Å². The summed E-state index contributed by atoms with van der Waals surface area (Å²) in [4.78, 5) is 29.5. The summed E-state index contributed by atoms with van der Waals surface area (Å²) in [5, 5.41) is 14.5. The molecule has 0 saturated carbocycles. The molecule has 1 atom stereocenters. The standard InChI is InChI=1S/C18H19ClN4O3/c1-12-4-7-17(20-10-12)21-18(24)13-3-2-8-22(11-13)15-6-5-14(19)9-16(15)23(25)26/h4-7,9-10,13H,2-3,8,11H2,1H3,(H,20,21,24)/t13-/m1/s1. The average Bonchev–Trinajstić information content (AvgIpc) is 2.63. The molecule has 1 aliphatic rings. The van der Waals surface area contributed by atoms with Gasteiger partial charge in [-0.15, -0.1) is 0 Å². The van der Waals surface area contributed by atoms with Crippen molar-refractivity contribution < 1.29 is 9.72 Å². The van der Waals surface area contributed by atoms with E-state index in [0.29, 0.717) is 29.6 Å². The molecule has 3 rings (SSSR count). The summed E-state index contributed by atoms with van der Waals surface area (Å²) in [5.41, 5.74) is 1.46. The molecule has 1 saturated heterocycles. The molecule has 1 N–H and O–H groups in total. The third kappa shape index (κ3) is 4.11. The van der Waals surface area contributed by atoms with Crippen molar-refractivity contribution in [3.8, 4) is 0 Å². The lowest BCUT2D eigenvalue weighted by Crippen LogP contribution is -2.41. The highest BCUT2D eigenvalue weighted by Crippen LogP contribution is 2.33. The number of aryl methyl sites for hydroxylation is 1. The van der Waals surface area contributed by atoms with Gasteiger partial charge in [-0.25, -0.2) is 4.98 Å². The molecule has 7 nitrogen and oxygen atoms in total. The summed E-state index contributed by atoms with van der Waals surface area (Å²) in [5.74, 6) is 0.125. The Morgan fingerprint density at radius 2 is 2.19 bits per heavy atom. The van der Waals surface area contributed by atoms with E-state index in [-0.39, 0.29) is 17.5 Å². The smallest absolute Gasteiger partial charge is 0.294 e. The number of rotatable bonds is 4. The molecular weight excluding hydrogens is 356 g/mol. The van der Waals surface area contributed by atoms with Crippen molar-refractivity contribution in [3.63, 3.8) is 0 Å². The first-order valence-electron chi connectivity index (χ1n) is 8.36. The van der Waals surface area contributed by atoms with Gasteiger partial charge in [0.2, 0.25) is 5.91 Å². The number of pyridine rings is 1. The second-order valence-corrected chi connectivity index (χ2v) is 6.82. The molecule has 1 fully saturated rings. The van der Waals surface area contributed by atoms with Crippen LogP contribution in [-0.2, 0) is 4.79 Å². The second-order valence-electron chi connectivity index (χ2n) is 6.39. The zero-order valence-corrected chi connectivity index (χ0v) is 15.1. The summed E-state index contributed by atoms with van der Waals surface area (Å²) >= 11 is 5.89. The van der Waals surface area contributed by atoms with Gasteiger partial charge >= 0.3 is 0 Å². The zero-order chi connectivity index (χ0) is 18.7. The Morgan fingerprint density at radius 3 is 2.88 bits per heavy atom. The molecule has 1 amide bonds. The molecule has 136 valence electrons. The van der Waals surface area contributed by atoms with Gasteiger partial charge in [0.05, 0.1) is 10.8 Å². The van der Waals surface area contributed by atoms with Gasteiger partial charge in [-0.05, 0) is 43.5 Å². The molecule has 0 radical (unpaired) electrons. The number of amides is 1. The van der Waals surface area contributed by atoms with Crippen LogP contribution in [0, 0.1) is 23.0 Å². The number of nitro groups is 1. The summed E-state index contributed by atoms with van der Waals surface area (Å²) in [6.07, 6.45) is 3.20. The Hall–Kier alpha value is -2.67. The SMILES string of the molecule is Cc1ccc(NC(=O)[C@@H]2CCCN(c3ccc(Cl)cc3[N+](=O)[O-])C2)nc1. The van der Waals surface area contributed by atoms with E-state index < -0.39 is 4.92 Å². The lowest BCUT2D eigenvalue weighted by Gasteiger charge is -2.33. The Bertz CT molecular complexity index is 826. The highest BCUT2D eigenvalue weighted by Gasteiger charge is 2.29. The minimum atomic E-state index is -0.443. The largest absolute Gasteiger partial charge is 0.365 e. The third-order valence-corrected chi connectivity index (χ3v) is 4.66. The second kappa shape index (κ2) is 7.70. The topological polar surface area (TPSA) is 88.4 Å². The first-order valence-corrected chi connectivity index (χ1v) is 8.74. The van der Waals surface area contributed by atoms with Gasteiger partial charge in [-0.1, -0.05) is 17.7 Å². The number of piperidine rings is 1. The predicted molar refractivity (Wildman–Crippen MR) is 101 cm³/mol. The van der Waals surface area contributed by atoms with Crippen LogP contribution in [-0.4, -0.2) is 28.9 Å². The lowest BCUT2D eigenvalue weighted by molar-refractivity contribution is -0.384. The number of carbonyl (C=O) groups excluding carboxylic acids is 1. The van der Waals surface area contributed by atoms with Crippen LogP contribution in [0.2, 0.25) is 5.02 Å². The summed E-state index contributed by atoms with van der Waals surface area (Å²) in [6.45, 7) is 3.01. The molecule has 0 spiro atoms. The van der Waals surface area contributed by atoms with Crippen molar-refractivity contribution in [2.45, 2.75) is 19.8 Å². The Labute approximate surface area is 156 Å². The van der Waals surface area contributed by atoms with Crippen LogP contribution < -0.4 is 10.2 Å². The van der Waals surface area contributed by atoms with Gasteiger partial charge in [0.1, 0.15) is 11.5 Å². The molecule has 1 aliphatic heterocycles.